The van der Waals surface area contributed by atoms with Gasteiger partial charge in [-0.25, -0.2) is 0 Å². The Morgan fingerprint density at radius 3 is 3.12 bits per heavy atom. The fourth-order valence-electron chi connectivity index (χ4n) is 2.32. The number of aryl methyl sites for hydroxylation is 1. The monoisotopic (exact) mass is 238 g/mol. The molecule has 1 aliphatic rings. The Hall–Kier alpha value is -0.940. The van der Waals surface area contributed by atoms with Gasteiger partial charge < -0.3 is 5.73 Å². The minimum absolute atomic E-state index is 0.309. The van der Waals surface area contributed by atoms with Crippen LogP contribution in [0.25, 0.3) is 0 Å². The molecule has 16 heavy (non-hydrogen) atoms. The van der Waals surface area contributed by atoms with E-state index in [2.05, 4.69) is 16.1 Å². The van der Waals surface area contributed by atoms with Gasteiger partial charge >= 0.3 is 0 Å². The van der Waals surface area contributed by atoms with Crippen molar-refractivity contribution < 1.29 is 0 Å². The highest BCUT2D eigenvalue weighted by Crippen LogP contribution is 2.17. The van der Waals surface area contributed by atoms with Gasteiger partial charge in [0.15, 0.2) is 0 Å². The highest BCUT2D eigenvalue weighted by atomic mass is 32.1. The number of thiocarbonyl (C=S) groups is 1. The van der Waals surface area contributed by atoms with Crippen molar-refractivity contribution in [3.05, 3.63) is 18.0 Å². The number of nitrogens with zero attached hydrogens (tertiary/aromatic N) is 3. The molecule has 0 aromatic carbocycles. The maximum Gasteiger partial charge on any atom is 0.0902 e. The Bertz CT molecular complexity index is 374. The van der Waals surface area contributed by atoms with Gasteiger partial charge in [0.05, 0.1) is 11.0 Å². The molecule has 1 saturated heterocycles. The van der Waals surface area contributed by atoms with Crippen LogP contribution in [0.4, 0.5) is 0 Å². The molecule has 2 rings (SSSR count). The zero-order chi connectivity index (χ0) is 11.5. The summed E-state index contributed by atoms with van der Waals surface area (Å²) in [4.78, 5) is 3.03. The SMILES string of the molecule is Cn1nccc1CCN1CCCC1C(N)=S. The molecule has 1 aromatic heterocycles. The average molecular weight is 238 g/mol. The second-order valence-electron chi connectivity index (χ2n) is 4.29. The third-order valence-corrected chi connectivity index (χ3v) is 3.54. The van der Waals surface area contributed by atoms with Crippen LogP contribution in [0.5, 0.6) is 0 Å². The van der Waals surface area contributed by atoms with Gasteiger partial charge in [-0.05, 0) is 25.5 Å². The smallest absolute Gasteiger partial charge is 0.0902 e. The standard InChI is InChI=1S/C11H18N4S/c1-14-9(4-6-13-14)5-8-15-7-2-3-10(15)11(12)16/h4,6,10H,2-3,5,7-8H2,1H3,(H2,12,16). The summed E-state index contributed by atoms with van der Waals surface area (Å²) in [5.74, 6) is 0. The quantitative estimate of drug-likeness (QED) is 0.785. The van der Waals surface area contributed by atoms with E-state index in [0.29, 0.717) is 11.0 Å². The molecule has 0 bridgehead atoms. The fraction of sp³-hybridized carbons (Fsp3) is 0.636. The van der Waals surface area contributed by atoms with E-state index in [0.717, 1.165) is 25.9 Å². The van der Waals surface area contributed by atoms with E-state index in [1.807, 2.05) is 17.9 Å². The maximum absolute atomic E-state index is 5.74. The van der Waals surface area contributed by atoms with E-state index < -0.39 is 0 Å². The normalized spacial score (nSPS) is 21.4. The van der Waals surface area contributed by atoms with Crippen LogP contribution in [0.1, 0.15) is 18.5 Å². The van der Waals surface area contributed by atoms with E-state index >= 15 is 0 Å². The predicted octanol–water partition coefficient (Wildman–Crippen LogP) is 0.713. The third-order valence-electron chi connectivity index (χ3n) is 3.27. The summed E-state index contributed by atoms with van der Waals surface area (Å²) in [7, 11) is 1.98. The summed E-state index contributed by atoms with van der Waals surface area (Å²) in [5, 5.41) is 4.16. The summed E-state index contributed by atoms with van der Waals surface area (Å²) < 4.78 is 1.92. The lowest BCUT2D eigenvalue weighted by atomic mass is 10.2. The van der Waals surface area contributed by atoms with Crippen LogP contribution >= 0.6 is 12.2 Å². The van der Waals surface area contributed by atoms with Crippen LogP contribution < -0.4 is 5.73 Å². The Kier molecular flexibility index (Phi) is 3.56. The number of rotatable bonds is 4. The maximum atomic E-state index is 5.74. The number of hydrogen-bond acceptors (Lipinski definition) is 3. The molecule has 1 aliphatic heterocycles. The summed E-state index contributed by atoms with van der Waals surface area (Å²) in [6.07, 6.45) is 5.16. The molecule has 0 amide bonds. The van der Waals surface area contributed by atoms with Gasteiger partial charge in [0, 0.05) is 31.9 Å². The van der Waals surface area contributed by atoms with Crippen molar-refractivity contribution >= 4 is 17.2 Å². The minimum atomic E-state index is 0.309. The lowest BCUT2D eigenvalue weighted by Crippen LogP contribution is -2.40. The summed E-state index contributed by atoms with van der Waals surface area (Å²) in [6, 6.07) is 2.37. The number of likely N-dealkylation sites (tertiary alicyclic amines) is 1. The van der Waals surface area contributed by atoms with Gasteiger partial charge in [-0.1, -0.05) is 12.2 Å². The summed E-state index contributed by atoms with van der Waals surface area (Å²) >= 11 is 5.09. The van der Waals surface area contributed by atoms with Crippen LogP contribution in [-0.2, 0) is 13.5 Å². The molecule has 4 nitrogen and oxygen atoms in total. The molecule has 5 heteroatoms. The Morgan fingerprint density at radius 2 is 2.50 bits per heavy atom. The molecular weight excluding hydrogens is 220 g/mol. The summed E-state index contributed by atoms with van der Waals surface area (Å²) in [5.41, 5.74) is 7.00. The first-order valence-electron chi connectivity index (χ1n) is 5.68. The second-order valence-corrected chi connectivity index (χ2v) is 4.76. The van der Waals surface area contributed by atoms with Crippen LogP contribution in [0.2, 0.25) is 0 Å². The molecule has 0 spiro atoms. The molecule has 1 aromatic rings. The Labute approximate surface area is 101 Å². The van der Waals surface area contributed by atoms with Crippen molar-refractivity contribution in [3.8, 4) is 0 Å². The van der Waals surface area contributed by atoms with E-state index in [-0.39, 0.29) is 0 Å². The fourth-order valence-corrected chi connectivity index (χ4v) is 2.59. The van der Waals surface area contributed by atoms with Crippen molar-refractivity contribution in [3.63, 3.8) is 0 Å². The lowest BCUT2D eigenvalue weighted by Gasteiger charge is -2.23. The zero-order valence-corrected chi connectivity index (χ0v) is 10.4. The van der Waals surface area contributed by atoms with Gasteiger partial charge in [0.2, 0.25) is 0 Å². The van der Waals surface area contributed by atoms with Gasteiger partial charge in [-0.3, -0.25) is 9.58 Å². The molecule has 2 N–H and O–H groups in total. The van der Waals surface area contributed by atoms with Crippen molar-refractivity contribution in [2.75, 3.05) is 13.1 Å². The van der Waals surface area contributed by atoms with E-state index in [9.17, 15) is 0 Å². The van der Waals surface area contributed by atoms with Gasteiger partial charge in [-0.15, -0.1) is 0 Å². The van der Waals surface area contributed by atoms with Crippen molar-refractivity contribution in [2.45, 2.75) is 25.3 Å². The van der Waals surface area contributed by atoms with E-state index in [1.165, 1.54) is 12.1 Å². The number of hydrogen-bond donors (Lipinski definition) is 1. The Balaban J connectivity index is 1.90. The molecule has 0 radical (unpaired) electrons. The highest BCUT2D eigenvalue weighted by molar-refractivity contribution is 7.80. The minimum Gasteiger partial charge on any atom is -0.392 e. The first-order valence-corrected chi connectivity index (χ1v) is 6.09. The molecule has 1 fully saturated rings. The molecule has 0 aliphatic carbocycles. The van der Waals surface area contributed by atoms with Crippen molar-refractivity contribution in [1.29, 1.82) is 0 Å². The van der Waals surface area contributed by atoms with E-state index in [4.69, 9.17) is 18.0 Å². The Morgan fingerprint density at radius 1 is 1.69 bits per heavy atom. The van der Waals surface area contributed by atoms with E-state index in [1.54, 1.807) is 0 Å². The van der Waals surface area contributed by atoms with Crippen molar-refractivity contribution in [2.24, 2.45) is 12.8 Å². The van der Waals surface area contributed by atoms with Crippen LogP contribution in [0.3, 0.4) is 0 Å². The topological polar surface area (TPSA) is 47.1 Å². The van der Waals surface area contributed by atoms with Crippen LogP contribution in [0, 0.1) is 0 Å². The average Bonchev–Trinajstić information content (AvgIpc) is 2.83. The van der Waals surface area contributed by atoms with Crippen LogP contribution in [0.15, 0.2) is 12.3 Å². The third kappa shape index (κ3) is 2.41. The highest BCUT2D eigenvalue weighted by Gasteiger charge is 2.26. The largest absolute Gasteiger partial charge is 0.392 e. The number of aromatic nitrogens is 2. The van der Waals surface area contributed by atoms with Gasteiger partial charge in [0.1, 0.15) is 0 Å². The molecule has 1 unspecified atom stereocenters. The second kappa shape index (κ2) is 4.93. The first-order chi connectivity index (χ1) is 7.68. The number of nitrogens with two attached hydrogens (primary N) is 1. The van der Waals surface area contributed by atoms with Crippen LogP contribution in [-0.4, -0.2) is 38.8 Å². The molecular formula is C11H18N4S. The van der Waals surface area contributed by atoms with Gasteiger partial charge in [-0.2, -0.15) is 5.10 Å². The summed E-state index contributed by atoms with van der Waals surface area (Å²) in [6.45, 7) is 2.13. The predicted molar refractivity (Wildman–Crippen MR) is 68.3 cm³/mol. The molecule has 88 valence electrons. The molecule has 0 saturated carbocycles. The zero-order valence-electron chi connectivity index (χ0n) is 9.59. The lowest BCUT2D eigenvalue weighted by molar-refractivity contribution is 0.305. The first kappa shape index (κ1) is 11.5. The molecule has 1 atom stereocenters. The molecule has 2 heterocycles. The van der Waals surface area contributed by atoms with Crippen molar-refractivity contribution in [1.82, 2.24) is 14.7 Å². The van der Waals surface area contributed by atoms with Gasteiger partial charge in [0.25, 0.3) is 0 Å².